The molecule has 1 fully saturated rings. The van der Waals surface area contributed by atoms with Crippen LogP contribution in [0.15, 0.2) is 66.9 Å². The number of piperidine rings is 1. The van der Waals surface area contributed by atoms with Crippen LogP contribution in [0.2, 0.25) is 0 Å². The van der Waals surface area contributed by atoms with Gasteiger partial charge in [-0.25, -0.2) is 0 Å². The fourth-order valence-corrected chi connectivity index (χ4v) is 3.85. The van der Waals surface area contributed by atoms with Crippen LogP contribution in [0.4, 0.5) is 0 Å². The van der Waals surface area contributed by atoms with Gasteiger partial charge >= 0.3 is 0 Å². The van der Waals surface area contributed by atoms with Gasteiger partial charge in [0.2, 0.25) is 0 Å². The van der Waals surface area contributed by atoms with Gasteiger partial charge in [-0.3, -0.25) is 14.9 Å². The molecular formula is C23H25N3O. The summed E-state index contributed by atoms with van der Waals surface area (Å²) >= 11 is 0. The zero-order valence-electron chi connectivity index (χ0n) is 15.7. The van der Waals surface area contributed by atoms with E-state index < -0.39 is 0 Å². The number of nitrogens with zero attached hydrogens (tertiary/aromatic N) is 3. The molecular weight excluding hydrogens is 334 g/mol. The lowest BCUT2D eigenvalue weighted by Gasteiger charge is -2.32. The molecule has 0 amide bonds. The number of benzene rings is 1. The largest absolute Gasteiger partial charge is 0.496 e. The first-order chi connectivity index (χ1) is 13.3. The first-order valence-corrected chi connectivity index (χ1v) is 9.56. The monoisotopic (exact) mass is 359 g/mol. The van der Waals surface area contributed by atoms with Gasteiger partial charge < -0.3 is 4.74 Å². The van der Waals surface area contributed by atoms with E-state index in [-0.39, 0.29) is 0 Å². The minimum Gasteiger partial charge on any atom is -0.496 e. The number of pyridine rings is 2. The SMILES string of the molecule is COc1ccccc1-c1cccc(C2CCCN(Cc3ccccn3)C2)n1. The number of para-hydroxylation sites is 1. The number of methoxy groups -OCH3 is 1. The number of hydrogen-bond donors (Lipinski definition) is 0. The van der Waals surface area contributed by atoms with Crippen LogP contribution in [0.3, 0.4) is 0 Å². The van der Waals surface area contributed by atoms with Crippen molar-refractivity contribution in [3.05, 3.63) is 78.2 Å². The molecule has 0 aliphatic carbocycles. The molecule has 0 radical (unpaired) electrons. The Hall–Kier alpha value is -2.72. The second-order valence-electron chi connectivity index (χ2n) is 7.04. The smallest absolute Gasteiger partial charge is 0.128 e. The van der Waals surface area contributed by atoms with E-state index in [2.05, 4.69) is 46.3 Å². The molecule has 0 spiro atoms. The molecule has 1 atom stereocenters. The molecule has 0 saturated carbocycles. The van der Waals surface area contributed by atoms with E-state index in [0.717, 1.165) is 42.3 Å². The molecule has 1 aliphatic rings. The van der Waals surface area contributed by atoms with E-state index in [9.17, 15) is 0 Å². The quantitative estimate of drug-likeness (QED) is 0.671. The Kier molecular flexibility index (Phi) is 5.45. The molecule has 4 heteroatoms. The van der Waals surface area contributed by atoms with Crippen LogP contribution in [0.1, 0.15) is 30.1 Å². The maximum atomic E-state index is 5.51. The van der Waals surface area contributed by atoms with E-state index in [1.165, 1.54) is 18.5 Å². The molecule has 1 unspecified atom stereocenters. The summed E-state index contributed by atoms with van der Waals surface area (Å²) in [7, 11) is 1.71. The van der Waals surface area contributed by atoms with Gasteiger partial charge in [0, 0.05) is 36.5 Å². The molecule has 1 aromatic carbocycles. The second kappa shape index (κ2) is 8.31. The predicted octanol–water partition coefficient (Wildman–Crippen LogP) is 4.53. The molecule has 138 valence electrons. The highest BCUT2D eigenvalue weighted by Crippen LogP contribution is 2.31. The third-order valence-corrected chi connectivity index (χ3v) is 5.19. The minimum atomic E-state index is 0.456. The first-order valence-electron chi connectivity index (χ1n) is 9.56. The molecule has 3 aromatic rings. The number of ether oxygens (including phenoxy) is 1. The molecule has 4 rings (SSSR count). The van der Waals surface area contributed by atoms with Crippen molar-refractivity contribution in [2.75, 3.05) is 20.2 Å². The molecule has 0 bridgehead atoms. The van der Waals surface area contributed by atoms with E-state index in [1.54, 1.807) is 7.11 Å². The van der Waals surface area contributed by atoms with Crippen molar-refractivity contribution in [3.63, 3.8) is 0 Å². The summed E-state index contributed by atoms with van der Waals surface area (Å²) in [5.74, 6) is 1.32. The maximum Gasteiger partial charge on any atom is 0.128 e. The zero-order chi connectivity index (χ0) is 18.5. The molecule has 27 heavy (non-hydrogen) atoms. The van der Waals surface area contributed by atoms with Crippen LogP contribution in [0, 0.1) is 0 Å². The fraction of sp³-hybridized carbons (Fsp3) is 0.304. The number of likely N-dealkylation sites (tertiary alicyclic amines) is 1. The predicted molar refractivity (Wildman–Crippen MR) is 108 cm³/mol. The molecule has 3 heterocycles. The van der Waals surface area contributed by atoms with Crippen molar-refractivity contribution in [3.8, 4) is 17.0 Å². The Labute approximate surface area is 160 Å². The average Bonchev–Trinajstić information content (AvgIpc) is 2.75. The van der Waals surface area contributed by atoms with Crippen molar-refractivity contribution >= 4 is 0 Å². The van der Waals surface area contributed by atoms with Crippen LogP contribution >= 0.6 is 0 Å². The normalized spacial score (nSPS) is 17.6. The van der Waals surface area contributed by atoms with E-state index >= 15 is 0 Å². The van der Waals surface area contributed by atoms with Gasteiger partial charge in [-0.05, 0) is 55.8 Å². The van der Waals surface area contributed by atoms with Gasteiger partial charge in [0.25, 0.3) is 0 Å². The van der Waals surface area contributed by atoms with Gasteiger partial charge in [0.15, 0.2) is 0 Å². The third kappa shape index (κ3) is 4.17. The lowest BCUT2D eigenvalue weighted by atomic mass is 9.93. The lowest BCUT2D eigenvalue weighted by Crippen LogP contribution is -2.34. The summed E-state index contributed by atoms with van der Waals surface area (Å²) < 4.78 is 5.51. The Morgan fingerprint density at radius 1 is 1.04 bits per heavy atom. The topological polar surface area (TPSA) is 38.2 Å². The first kappa shape index (κ1) is 17.7. The average molecular weight is 359 g/mol. The van der Waals surface area contributed by atoms with E-state index in [4.69, 9.17) is 9.72 Å². The van der Waals surface area contributed by atoms with Crippen molar-refractivity contribution in [2.45, 2.75) is 25.3 Å². The van der Waals surface area contributed by atoms with Crippen LogP contribution in [-0.4, -0.2) is 35.1 Å². The second-order valence-corrected chi connectivity index (χ2v) is 7.04. The van der Waals surface area contributed by atoms with Crippen molar-refractivity contribution < 1.29 is 4.74 Å². The van der Waals surface area contributed by atoms with Gasteiger partial charge in [0.05, 0.1) is 18.5 Å². The molecule has 1 saturated heterocycles. The summed E-state index contributed by atoms with van der Waals surface area (Å²) in [5.41, 5.74) is 4.33. The Morgan fingerprint density at radius 3 is 2.78 bits per heavy atom. The Morgan fingerprint density at radius 2 is 1.93 bits per heavy atom. The highest BCUT2D eigenvalue weighted by molar-refractivity contribution is 5.67. The molecule has 4 nitrogen and oxygen atoms in total. The van der Waals surface area contributed by atoms with Gasteiger partial charge in [-0.1, -0.05) is 24.3 Å². The van der Waals surface area contributed by atoms with Crippen LogP contribution in [0.25, 0.3) is 11.3 Å². The minimum absolute atomic E-state index is 0.456. The summed E-state index contributed by atoms with van der Waals surface area (Å²) in [4.78, 5) is 12.0. The standard InChI is InChI=1S/C23H25N3O/c1-27-23-13-3-2-10-20(23)22-12-6-11-21(25-22)18-8-7-15-26(16-18)17-19-9-4-5-14-24-19/h2-6,9-14,18H,7-8,15-17H2,1H3. The summed E-state index contributed by atoms with van der Waals surface area (Å²) in [6.45, 7) is 3.06. The highest BCUT2D eigenvalue weighted by Gasteiger charge is 2.23. The van der Waals surface area contributed by atoms with Crippen LogP contribution < -0.4 is 4.74 Å². The summed E-state index contributed by atoms with van der Waals surface area (Å²) in [5, 5.41) is 0. The Bertz CT molecular complexity index is 882. The zero-order valence-corrected chi connectivity index (χ0v) is 15.7. The molecule has 2 aromatic heterocycles. The lowest BCUT2D eigenvalue weighted by molar-refractivity contribution is 0.196. The van der Waals surface area contributed by atoms with Gasteiger partial charge in [-0.15, -0.1) is 0 Å². The highest BCUT2D eigenvalue weighted by atomic mass is 16.5. The molecule has 1 aliphatic heterocycles. The molecule has 0 N–H and O–H groups in total. The maximum absolute atomic E-state index is 5.51. The van der Waals surface area contributed by atoms with Crippen molar-refractivity contribution in [2.24, 2.45) is 0 Å². The van der Waals surface area contributed by atoms with Gasteiger partial charge in [-0.2, -0.15) is 0 Å². The number of hydrogen-bond acceptors (Lipinski definition) is 4. The summed E-state index contributed by atoms with van der Waals surface area (Å²) in [6.07, 6.45) is 4.24. The summed E-state index contributed by atoms with van der Waals surface area (Å²) in [6, 6.07) is 20.5. The van der Waals surface area contributed by atoms with Gasteiger partial charge in [0.1, 0.15) is 5.75 Å². The fourth-order valence-electron chi connectivity index (χ4n) is 3.85. The van der Waals surface area contributed by atoms with Crippen molar-refractivity contribution in [1.82, 2.24) is 14.9 Å². The third-order valence-electron chi connectivity index (χ3n) is 5.19. The van der Waals surface area contributed by atoms with Crippen LogP contribution in [-0.2, 0) is 6.54 Å². The Balaban J connectivity index is 1.53. The van der Waals surface area contributed by atoms with Crippen molar-refractivity contribution in [1.29, 1.82) is 0 Å². The number of aromatic nitrogens is 2. The van der Waals surface area contributed by atoms with E-state index in [1.807, 2.05) is 30.5 Å². The van der Waals surface area contributed by atoms with Crippen LogP contribution in [0.5, 0.6) is 5.75 Å². The number of rotatable bonds is 5. The van der Waals surface area contributed by atoms with E-state index in [0.29, 0.717) is 5.92 Å².